The second-order valence-corrected chi connectivity index (χ2v) is 7.86. The van der Waals surface area contributed by atoms with Crippen LogP contribution in [0.2, 0.25) is 0 Å². The van der Waals surface area contributed by atoms with Crippen molar-refractivity contribution in [2.45, 2.75) is 17.5 Å². The van der Waals surface area contributed by atoms with Gasteiger partial charge in [-0.2, -0.15) is 0 Å². The van der Waals surface area contributed by atoms with E-state index in [0.29, 0.717) is 0 Å². The van der Waals surface area contributed by atoms with Gasteiger partial charge in [0.1, 0.15) is 12.0 Å². The lowest BCUT2D eigenvalue weighted by Crippen LogP contribution is -2.59. The van der Waals surface area contributed by atoms with Crippen LogP contribution in [-0.2, 0) is 4.74 Å². The van der Waals surface area contributed by atoms with Gasteiger partial charge in [0.15, 0.2) is 17.2 Å². The number of aliphatic hydroxyl groups excluding tert-OH is 1. The summed E-state index contributed by atoms with van der Waals surface area (Å²) >= 11 is 0. The van der Waals surface area contributed by atoms with Crippen LogP contribution in [0.5, 0.6) is 0 Å². The Kier molecular flexibility index (Phi) is 6.05. The molecule has 1 saturated heterocycles. The van der Waals surface area contributed by atoms with Crippen molar-refractivity contribution in [2.75, 3.05) is 6.61 Å². The second kappa shape index (κ2) is 8.80. The van der Waals surface area contributed by atoms with Crippen LogP contribution in [0, 0.1) is 5.92 Å². The van der Waals surface area contributed by atoms with Gasteiger partial charge in [-0.3, -0.25) is 14.4 Å². The molecule has 0 amide bonds. The molecule has 0 aliphatic carbocycles. The Morgan fingerprint density at radius 1 is 0.697 bits per heavy atom. The average Bonchev–Trinajstić information content (AvgIpc) is 3.12. The summed E-state index contributed by atoms with van der Waals surface area (Å²) in [5.41, 5.74) is -2.62. The molecular formula is C26H22O7. The Bertz CT molecular complexity index is 1160. The number of rotatable bonds is 7. The minimum atomic E-state index is -2.90. The molecule has 1 aliphatic heterocycles. The summed E-state index contributed by atoms with van der Waals surface area (Å²) in [4.78, 5) is 40.5. The molecule has 0 saturated carbocycles. The molecule has 168 valence electrons. The lowest BCUT2D eigenvalue weighted by molar-refractivity contribution is -0.174. The van der Waals surface area contributed by atoms with Crippen molar-refractivity contribution >= 4 is 17.3 Å². The van der Waals surface area contributed by atoms with Crippen LogP contribution in [0.4, 0.5) is 0 Å². The summed E-state index contributed by atoms with van der Waals surface area (Å²) in [6.07, 6.45) is -1.74. The van der Waals surface area contributed by atoms with Crippen LogP contribution in [0.3, 0.4) is 0 Å². The van der Waals surface area contributed by atoms with Crippen LogP contribution in [-0.4, -0.2) is 56.8 Å². The molecule has 3 aromatic rings. The fourth-order valence-electron chi connectivity index (χ4n) is 4.26. The zero-order valence-corrected chi connectivity index (χ0v) is 17.5. The molecule has 3 N–H and O–H groups in total. The summed E-state index contributed by atoms with van der Waals surface area (Å²) in [5, 5.41) is 33.2. The lowest BCUT2D eigenvalue weighted by atomic mass is 9.71. The maximum Gasteiger partial charge on any atom is 0.245 e. The molecule has 4 atom stereocenters. The monoisotopic (exact) mass is 446 g/mol. The van der Waals surface area contributed by atoms with E-state index >= 15 is 0 Å². The van der Waals surface area contributed by atoms with Crippen molar-refractivity contribution in [1.82, 2.24) is 0 Å². The highest BCUT2D eigenvalue weighted by Crippen LogP contribution is 2.47. The van der Waals surface area contributed by atoms with E-state index in [9.17, 15) is 29.7 Å². The first kappa shape index (κ1) is 22.7. The van der Waals surface area contributed by atoms with Gasteiger partial charge in [-0.15, -0.1) is 0 Å². The molecule has 7 heteroatoms. The predicted molar refractivity (Wildman–Crippen MR) is 118 cm³/mol. The standard InChI is InChI=1S/C26H22O7/c27-16-20-25(31,23(29)18-12-6-2-7-13-18)22(21(28)17-10-4-1-5-11-17)26(32,33-20)24(30)19-14-8-3-9-15-19/h1-15,20,22,27,31-32H,16H2/t20-,22-,25-,26?/m0/s1. The SMILES string of the molecule is O=C(c1ccccc1)[C@@H]1C(O)(C(=O)c2ccccc2)O[C@@H](CO)[C@@]1(O)C(=O)c1ccccc1. The van der Waals surface area contributed by atoms with Gasteiger partial charge in [0.2, 0.25) is 11.6 Å². The Morgan fingerprint density at radius 3 is 1.58 bits per heavy atom. The maximum absolute atomic E-state index is 13.6. The Balaban J connectivity index is 1.91. The van der Waals surface area contributed by atoms with Crippen molar-refractivity contribution in [3.05, 3.63) is 108 Å². The third-order valence-corrected chi connectivity index (χ3v) is 5.89. The van der Waals surface area contributed by atoms with E-state index in [1.165, 1.54) is 36.4 Å². The summed E-state index contributed by atoms with van der Waals surface area (Å²) in [6, 6.07) is 22.9. The van der Waals surface area contributed by atoms with E-state index in [0.717, 1.165) is 0 Å². The zero-order valence-electron chi connectivity index (χ0n) is 17.5. The van der Waals surface area contributed by atoms with Gasteiger partial charge in [0.05, 0.1) is 6.61 Å². The molecule has 1 unspecified atom stereocenters. The first-order valence-corrected chi connectivity index (χ1v) is 10.4. The average molecular weight is 446 g/mol. The molecule has 0 radical (unpaired) electrons. The number of carbonyl (C=O) groups excluding carboxylic acids is 3. The summed E-state index contributed by atoms with van der Waals surface area (Å²) in [5.74, 6) is -7.77. The maximum atomic E-state index is 13.6. The fraction of sp³-hybridized carbons (Fsp3) is 0.192. The molecular weight excluding hydrogens is 424 g/mol. The van der Waals surface area contributed by atoms with Gasteiger partial charge < -0.3 is 20.1 Å². The number of hydrogen-bond donors (Lipinski definition) is 3. The Hall–Kier alpha value is -3.49. The van der Waals surface area contributed by atoms with Gasteiger partial charge >= 0.3 is 0 Å². The van der Waals surface area contributed by atoms with Crippen LogP contribution >= 0.6 is 0 Å². The lowest BCUT2D eigenvalue weighted by Gasteiger charge is -2.33. The number of hydrogen-bond acceptors (Lipinski definition) is 7. The molecule has 7 nitrogen and oxygen atoms in total. The number of aliphatic hydroxyl groups is 3. The van der Waals surface area contributed by atoms with Crippen molar-refractivity contribution in [2.24, 2.45) is 5.92 Å². The molecule has 4 rings (SSSR count). The van der Waals surface area contributed by atoms with Crippen LogP contribution < -0.4 is 0 Å². The fourth-order valence-corrected chi connectivity index (χ4v) is 4.26. The number of Topliss-reactive ketones (excluding diaryl/α,β-unsaturated/α-hetero) is 3. The van der Waals surface area contributed by atoms with Gasteiger partial charge in [-0.05, 0) is 0 Å². The first-order chi connectivity index (χ1) is 15.8. The number of benzene rings is 3. The molecule has 0 spiro atoms. The summed E-state index contributed by atoms with van der Waals surface area (Å²) < 4.78 is 5.49. The first-order valence-electron chi connectivity index (χ1n) is 10.4. The van der Waals surface area contributed by atoms with Crippen molar-refractivity contribution in [3.63, 3.8) is 0 Å². The van der Waals surface area contributed by atoms with E-state index in [1.54, 1.807) is 54.6 Å². The third-order valence-electron chi connectivity index (χ3n) is 5.89. The normalized spacial score (nSPS) is 26.6. The number of ketones is 3. The second-order valence-electron chi connectivity index (χ2n) is 7.86. The third kappa shape index (κ3) is 3.71. The largest absolute Gasteiger partial charge is 0.394 e. The quantitative estimate of drug-likeness (QED) is 0.475. The van der Waals surface area contributed by atoms with Crippen LogP contribution in [0.15, 0.2) is 91.0 Å². The Morgan fingerprint density at radius 2 is 1.12 bits per heavy atom. The van der Waals surface area contributed by atoms with Gasteiger partial charge in [-0.1, -0.05) is 91.0 Å². The van der Waals surface area contributed by atoms with E-state index in [1.807, 2.05) is 0 Å². The van der Waals surface area contributed by atoms with Crippen molar-refractivity contribution < 1.29 is 34.4 Å². The predicted octanol–water partition coefficient (Wildman–Crippen LogP) is 2.06. The van der Waals surface area contributed by atoms with E-state index in [4.69, 9.17) is 4.74 Å². The number of ether oxygens (including phenoxy) is 1. The minimum absolute atomic E-state index is 0.0129. The van der Waals surface area contributed by atoms with Crippen LogP contribution in [0.25, 0.3) is 0 Å². The van der Waals surface area contributed by atoms with Crippen molar-refractivity contribution in [3.8, 4) is 0 Å². The number of carbonyl (C=O) groups is 3. The minimum Gasteiger partial charge on any atom is -0.394 e. The van der Waals surface area contributed by atoms with Crippen molar-refractivity contribution in [1.29, 1.82) is 0 Å². The highest BCUT2D eigenvalue weighted by molar-refractivity contribution is 6.14. The van der Waals surface area contributed by atoms with E-state index < -0.39 is 47.4 Å². The smallest absolute Gasteiger partial charge is 0.245 e. The zero-order chi connectivity index (χ0) is 23.6. The highest BCUT2D eigenvalue weighted by Gasteiger charge is 2.71. The molecule has 33 heavy (non-hydrogen) atoms. The molecule has 0 bridgehead atoms. The molecule has 0 aromatic heterocycles. The van der Waals surface area contributed by atoms with Crippen LogP contribution in [0.1, 0.15) is 31.1 Å². The molecule has 1 fully saturated rings. The summed E-state index contributed by atoms with van der Waals surface area (Å²) in [6.45, 7) is -0.919. The molecule has 3 aromatic carbocycles. The van der Waals surface area contributed by atoms with Gasteiger partial charge in [-0.25, -0.2) is 0 Å². The molecule has 1 aliphatic rings. The molecule has 1 heterocycles. The van der Waals surface area contributed by atoms with Gasteiger partial charge in [0.25, 0.3) is 0 Å². The van der Waals surface area contributed by atoms with E-state index in [2.05, 4.69) is 0 Å². The highest BCUT2D eigenvalue weighted by atomic mass is 16.7. The topological polar surface area (TPSA) is 121 Å². The Labute approximate surface area is 189 Å². The summed E-state index contributed by atoms with van der Waals surface area (Å²) in [7, 11) is 0. The van der Waals surface area contributed by atoms with E-state index in [-0.39, 0.29) is 16.7 Å². The van der Waals surface area contributed by atoms with Gasteiger partial charge in [0, 0.05) is 16.7 Å².